The van der Waals surface area contributed by atoms with Crippen LogP contribution >= 0.6 is 0 Å². The summed E-state index contributed by atoms with van der Waals surface area (Å²) in [7, 11) is 0. The maximum Gasteiger partial charge on any atom is 0.168 e. The number of allylic oxidation sites excluding steroid dienone is 2. The molecule has 1 aliphatic rings. The van der Waals surface area contributed by atoms with Crippen molar-refractivity contribution in [2.24, 2.45) is 0 Å². The summed E-state index contributed by atoms with van der Waals surface area (Å²) in [5.74, 6) is 1.79. The fourth-order valence-corrected chi connectivity index (χ4v) is 0.766. The zero-order valence-electron chi connectivity index (χ0n) is 6.30. The summed E-state index contributed by atoms with van der Waals surface area (Å²) in [6.45, 7) is 11.1. The number of rotatable bonds is 2. The van der Waals surface area contributed by atoms with Crippen LogP contribution in [0.1, 0.15) is 0 Å². The van der Waals surface area contributed by atoms with E-state index < -0.39 is 0 Å². The molecule has 1 heterocycles. The topological polar surface area (TPSA) is 18.5 Å². The van der Waals surface area contributed by atoms with Gasteiger partial charge in [0, 0.05) is 0 Å². The van der Waals surface area contributed by atoms with Gasteiger partial charge in [0.15, 0.2) is 11.5 Å². The van der Waals surface area contributed by atoms with Crippen LogP contribution in [0.3, 0.4) is 0 Å². The average Bonchev–Trinajstić information content (AvgIpc) is 2.04. The predicted molar refractivity (Wildman–Crippen MR) is 43.6 cm³/mol. The molecule has 0 saturated heterocycles. The summed E-state index contributed by atoms with van der Waals surface area (Å²) in [6, 6.07) is 0. The molecule has 0 spiro atoms. The van der Waals surface area contributed by atoms with Crippen LogP contribution in [0.4, 0.5) is 0 Å². The van der Waals surface area contributed by atoms with Gasteiger partial charge in [-0.05, 0) is 12.2 Å². The molecule has 2 heteroatoms. The third-order valence-corrected chi connectivity index (χ3v) is 1.26. The van der Waals surface area contributed by atoms with Gasteiger partial charge < -0.3 is 9.47 Å². The number of hydrogen-bond acceptors (Lipinski definition) is 2. The molecule has 0 saturated carbocycles. The Morgan fingerprint density at radius 3 is 2.36 bits per heavy atom. The molecular formula is C9H10O2. The van der Waals surface area contributed by atoms with Crippen LogP contribution in [0.25, 0.3) is 0 Å². The zero-order valence-corrected chi connectivity index (χ0v) is 6.30. The van der Waals surface area contributed by atoms with Crippen LogP contribution < -0.4 is 0 Å². The van der Waals surface area contributed by atoms with E-state index in [1.54, 1.807) is 12.2 Å². The standard InChI is InChI=1S/C9H10O2/c1-4-8-9(5-2)11-7(3)6-10-8/h4-5H,1-3,6H2. The predicted octanol–water partition coefficient (Wildman–Crippen LogP) is 2.13. The third kappa shape index (κ3) is 1.52. The number of hydrogen-bond donors (Lipinski definition) is 0. The van der Waals surface area contributed by atoms with Gasteiger partial charge in [-0.25, -0.2) is 0 Å². The molecule has 58 valence electrons. The van der Waals surface area contributed by atoms with Crippen molar-refractivity contribution in [2.75, 3.05) is 6.61 Å². The van der Waals surface area contributed by atoms with Gasteiger partial charge in [0.2, 0.25) is 0 Å². The fraction of sp³-hybridized carbons (Fsp3) is 0.111. The molecule has 11 heavy (non-hydrogen) atoms. The van der Waals surface area contributed by atoms with Crippen LogP contribution in [0.2, 0.25) is 0 Å². The SMILES string of the molecule is C=CC1=C(C=C)OC(=C)CO1. The molecule has 0 aliphatic carbocycles. The molecule has 1 aliphatic heterocycles. The summed E-state index contributed by atoms with van der Waals surface area (Å²) in [6.07, 6.45) is 3.16. The lowest BCUT2D eigenvalue weighted by molar-refractivity contribution is 0.133. The molecule has 0 unspecified atom stereocenters. The van der Waals surface area contributed by atoms with Crippen LogP contribution in [0.15, 0.2) is 49.2 Å². The Morgan fingerprint density at radius 1 is 1.18 bits per heavy atom. The Kier molecular flexibility index (Phi) is 2.16. The van der Waals surface area contributed by atoms with Crippen molar-refractivity contribution in [1.29, 1.82) is 0 Å². The monoisotopic (exact) mass is 150 g/mol. The second-order valence-electron chi connectivity index (χ2n) is 2.07. The minimum absolute atomic E-state index is 0.388. The first kappa shape index (κ1) is 7.66. The van der Waals surface area contributed by atoms with Gasteiger partial charge in [-0.1, -0.05) is 19.7 Å². The van der Waals surface area contributed by atoms with Crippen molar-refractivity contribution in [3.63, 3.8) is 0 Å². The fourth-order valence-electron chi connectivity index (χ4n) is 0.766. The Balaban J connectivity index is 2.91. The lowest BCUT2D eigenvalue weighted by Crippen LogP contribution is -2.08. The first-order valence-corrected chi connectivity index (χ1v) is 3.25. The van der Waals surface area contributed by atoms with Crippen molar-refractivity contribution >= 4 is 0 Å². The summed E-state index contributed by atoms with van der Waals surface area (Å²) in [5, 5.41) is 0. The molecule has 0 bridgehead atoms. The van der Waals surface area contributed by atoms with Gasteiger partial charge in [0.1, 0.15) is 12.4 Å². The average molecular weight is 150 g/mol. The van der Waals surface area contributed by atoms with E-state index >= 15 is 0 Å². The van der Waals surface area contributed by atoms with Crippen molar-refractivity contribution in [3.05, 3.63) is 49.2 Å². The van der Waals surface area contributed by atoms with E-state index in [-0.39, 0.29) is 0 Å². The smallest absolute Gasteiger partial charge is 0.168 e. The molecule has 0 fully saturated rings. The van der Waals surface area contributed by atoms with Crippen molar-refractivity contribution < 1.29 is 9.47 Å². The van der Waals surface area contributed by atoms with E-state index in [9.17, 15) is 0 Å². The normalized spacial score (nSPS) is 16.9. The molecule has 0 atom stereocenters. The highest BCUT2D eigenvalue weighted by molar-refractivity contribution is 5.25. The molecule has 2 nitrogen and oxygen atoms in total. The molecule has 0 aromatic carbocycles. The van der Waals surface area contributed by atoms with E-state index in [2.05, 4.69) is 19.7 Å². The molecular weight excluding hydrogens is 140 g/mol. The van der Waals surface area contributed by atoms with E-state index in [0.29, 0.717) is 23.9 Å². The molecule has 0 amide bonds. The lowest BCUT2D eigenvalue weighted by Gasteiger charge is -2.19. The summed E-state index contributed by atoms with van der Waals surface area (Å²) in [5.41, 5.74) is 0. The van der Waals surface area contributed by atoms with Crippen LogP contribution in [-0.4, -0.2) is 6.61 Å². The van der Waals surface area contributed by atoms with Crippen molar-refractivity contribution in [3.8, 4) is 0 Å². The summed E-state index contributed by atoms with van der Waals surface area (Å²) in [4.78, 5) is 0. The van der Waals surface area contributed by atoms with Crippen molar-refractivity contribution in [1.82, 2.24) is 0 Å². The number of ether oxygens (including phenoxy) is 2. The molecule has 0 radical (unpaired) electrons. The summed E-state index contributed by atoms with van der Waals surface area (Å²) >= 11 is 0. The van der Waals surface area contributed by atoms with E-state index in [1.807, 2.05) is 0 Å². The zero-order chi connectivity index (χ0) is 8.27. The molecule has 0 aromatic rings. The highest BCUT2D eigenvalue weighted by Crippen LogP contribution is 2.19. The van der Waals surface area contributed by atoms with Gasteiger partial charge in [-0.2, -0.15) is 0 Å². The summed E-state index contributed by atoms with van der Waals surface area (Å²) < 4.78 is 10.4. The molecule has 0 aromatic heterocycles. The quantitative estimate of drug-likeness (QED) is 0.600. The van der Waals surface area contributed by atoms with Gasteiger partial charge in [-0.15, -0.1) is 0 Å². The Labute approximate surface area is 66.1 Å². The second-order valence-corrected chi connectivity index (χ2v) is 2.07. The highest BCUT2D eigenvalue weighted by atomic mass is 16.6. The Hall–Kier alpha value is -1.44. The maximum absolute atomic E-state index is 5.21. The minimum Gasteiger partial charge on any atom is -0.482 e. The highest BCUT2D eigenvalue weighted by Gasteiger charge is 2.12. The molecule has 1 rings (SSSR count). The first-order valence-electron chi connectivity index (χ1n) is 3.25. The van der Waals surface area contributed by atoms with Crippen LogP contribution in [-0.2, 0) is 9.47 Å². The Morgan fingerprint density at radius 2 is 1.82 bits per heavy atom. The van der Waals surface area contributed by atoms with Gasteiger partial charge in [0.05, 0.1) is 0 Å². The Bertz CT molecular complexity index is 236. The van der Waals surface area contributed by atoms with Gasteiger partial charge in [0.25, 0.3) is 0 Å². The van der Waals surface area contributed by atoms with Crippen LogP contribution in [0, 0.1) is 0 Å². The van der Waals surface area contributed by atoms with Crippen LogP contribution in [0.5, 0.6) is 0 Å². The second kappa shape index (κ2) is 3.10. The minimum atomic E-state index is 0.388. The maximum atomic E-state index is 5.21. The van der Waals surface area contributed by atoms with E-state index in [1.165, 1.54) is 0 Å². The first-order chi connectivity index (χ1) is 5.27. The van der Waals surface area contributed by atoms with E-state index in [4.69, 9.17) is 9.47 Å². The molecule has 0 N–H and O–H groups in total. The largest absolute Gasteiger partial charge is 0.482 e. The van der Waals surface area contributed by atoms with Gasteiger partial charge >= 0.3 is 0 Å². The lowest BCUT2D eigenvalue weighted by atomic mass is 10.3. The third-order valence-electron chi connectivity index (χ3n) is 1.26. The van der Waals surface area contributed by atoms with E-state index in [0.717, 1.165) is 0 Å². The van der Waals surface area contributed by atoms with Gasteiger partial charge in [-0.3, -0.25) is 0 Å². The van der Waals surface area contributed by atoms with Crippen molar-refractivity contribution in [2.45, 2.75) is 0 Å².